The molecule has 0 radical (unpaired) electrons. The van der Waals surface area contributed by atoms with E-state index in [-0.39, 0.29) is 11.8 Å². The van der Waals surface area contributed by atoms with Crippen molar-refractivity contribution >= 4 is 27.7 Å². The number of rotatable bonds is 3. The highest BCUT2D eigenvalue weighted by Gasteiger charge is 2.44. The molecule has 2 aromatic heterocycles. The van der Waals surface area contributed by atoms with Crippen molar-refractivity contribution < 1.29 is 4.79 Å². The smallest absolute Gasteiger partial charge is 0.229 e. The molecule has 1 saturated carbocycles. The Morgan fingerprint density at radius 1 is 1.40 bits per heavy atom. The molecule has 0 unspecified atom stereocenters. The lowest BCUT2D eigenvalue weighted by Gasteiger charge is -2.07. The number of nitrogens with one attached hydrogen (secondary N) is 1. The van der Waals surface area contributed by atoms with E-state index in [4.69, 9.17) is 0 Å². The van der Waals surface area contributed by atoms with Crippen LogP contribution in [-0.4, -0.2) is 15.9 Å². The number of carbonyl (C=O) groups is 1. The first-order valence-corrected chi connectivity index (χ1v) is 7.27. The van der Waals surface area contributed by atoms with Gasteiger partial charge in [0.05, 0.1) is 4.47 Å². The average molecular weight is 332 g/mol. The fourth-order valence-corrected chi connectivity index (χ4v) is 2.86. The number of nitrogens with zero attached hydrogens (tertiary/aromatic N) is 2. The zero-order chi connectivity index (χ0) is 14.1. The predicted molar refractivity (Wildman–Crippen MR) is 80.4 cm³/mol. The summed E-state index contributed by atoms with van der Waals surface area (Å²) in [6.45, 7) is 1.96. The fourth-order valence-electron chi connectivity index (χ4n) is 2.30. The van der Waals surface area contributed by atoms with Crippen LogP contribution in [0.4, 0.5) is 5.82 Å². The van der Waals surface area contributed by atoms with Gasteiger partial charge in [-0.3, -0.25) is 9.78 Å². The Hall–Kier alpha value is -1.75. The normalized spacial score (nSPS) is 20.5. The summed E-state index contributed by atoms with van der Waals surface area (Å²) in [4.78, 5) is 20.4. The molecule has 1 fully saturated rings. The van der Waals surface area contributed by atoms with Gasteiger partial charge in [0, 0.05) is 24.5 Å². The maximum absolute atomic E-state index is 12.2. The van der Waals surface area contributed by atoms with E-state index in [0.29, 0.717) is 11.7 Å². The van der Waals surface area contributed by atoms with Gasteiger partial charge in [-0.1, -0.05) is 0 Å². The molecular formula is C15H14BrN3O. The van der Waals surface area contributed by atoms with E-state index in [1.807, 2.05) is 25.1 Å². The summed E-state index contributed by atoms with van der Waals surface area (Å²) in [6, 6.07) is 5.88. The number of carbonyl (C=O) groups excluding carboxylic acids is 1. The van der Waals surface area contributed by atoms with Crippen molar-refractivity contribution in [2.45, 2.75) is 19.3 Å². The van der Waals surface area contributed by atoms with E-state index >= 15 is 0 Å². The third-order valence-electron chi connectivity index (χ3n) is 3.48. The lowest BCUT2D eigenvalue weighted by atomic mass is 10.1. The fraction of sp³-hybridized carbons (Fsp3) is 0.267. The topological polar surface area (TPSA) is 54.9 Å². The van der Waals surface area contributed by atoms with E-state index < -0.39 is 0 Å². The lowest BCUT2D eigenvalue weighted by molar-refractivity contribution is -0.117. The molecule has 1 aliphatic rings. The Morgan fingerprint density at radius 3 is 2.85 bits per heavy atom. The third-order valence-corrected chi connectivity index (χ3v) is 4.09. The van der Waals surface area contributed by atoms with Crippen LogP contribution in [0.25, 0.3) is 0 Å². The monoisotopic (exact) mass is 331 g/mol. The summed E-state index contributed by atoms with van der Waals surface area (Å²) in [5.74, 6) is 0.958. The lowest BCUT2D eigenvalue weighted by Crippen LogP contribution is -2.16. The average Bonchev–Trinajstić information content (AvgIpc) is 3.23. The Labute approximate surface area is 125 Å². The van der Waals surface area contributed by atoms with Gasteiger partial charge >= 0.3 is 0 Å². The van der Waals surface area contributed by atoms with Gasteiger partial charge in [-0.25, -0.2) is 4.98 Å². The summed E-state index contributed by atoms with van der Waals surface area (Å²) in [5, 5.41) is 2.89. The van der Waals surface area contributed by atoms with Crippen LogP contribution in [0.5, 0.6) is 0 Å². The van der Waals surface area contributed by atoms with Gasteiger partial charge in [-0.15, -0.1) is 0 Å². The molecule has 1 N–H and O–H groups in total. The molecule has 0 aliphatic heterocycles. The molecule has 20 heavy (non-hydrogen) atoms. The molecule has 102 valence electrons. The molecule has 0 spiro atoms. The van der Waals surface area contributed by atoms with Crippen molar-refractivity contribution in [3.05, 3.63) is 52.4 Å². The molecular weight excluding hydrogens is 318 g/mol. The van der Waals surface area contributed by atoms with Crippen LogP contribution in [0.15, 0.2) is 41.3 Å². The van der Waals surface area contributed by atoms with Crippen LogP contribution >= 0.6 is 15.9 Å². The second-order valence-electron chi connectivity index (χ2n) is 5.06. The maximum Gasteiger partial charge on any atom is 0.229 e. The van der Waals surface area contributed by atoms with Crippen LogP contribution in [0.3, 0.4) is 0 Å². The first-order valence-electron chi connectivity index (χ1n) is 6.48. The van der Waals surface area contributed by atoms with Crippen molar-refractivity contribution in [3.63, 3.8) is 0 Å². The molecule has 5 heteroatoms. The number of pyridine rings is 2. The minimum absolute atomic E-state index is 0.0314. The van der Waals surface area contributed by atoms with Gasteiger partial charge in [-0.05, 0) is 64.5 Å². The largest absolute Gasteiger partial charge is 0.309 e. The highest BCUT2D eigenvalue weighted by molar-refractivity contribution is 9.10. The standard InChI is InChI=1S/C15H14BrN3O/c1-9-6-13(16)14(18-8-9)19-15(20)12-7-11(12)10-2-4-17-5-3-10/h2-6,8,11-12H,7H2,1H3,(H,18,19,20)/t11-,12+/m0/s1. The Balaban J connectivity index is 1.67. The van der Waals surface area contributed by atoms with E-state index in [1.54, 1.807) is 18.6 Å². The molecule has 2 atom stereocenters. The predicted octanol–water partition coefficient (Wildman–Crippen LogP) is 3.29. The second-order valence-corrected chi connectivity index (χ2v) is 5.92. The van der Waals surface area contributed by atoms with Crippen LogP contribution in [0.2, 0.25) is 0 Å². The summed E-state index contributed by atoms with van der Waals surface area (Å²) in [5.41, 5.74) is 2.23. The Bertz CT molecular complexity index is 645. The zero-order valence-corrected chi connectivity index (χ0v) is 12.6. The first-order chi connectivity index (χ1) is 9.65. The van der Waals surface area contributed by atoms with Gasteiger partial charge in [-0.2, -0.15) is 0 Å². The number of hydrogen-bond acceptors (Lipinski definition) is 3. The van der Waals surface area contributed by atoms with Crippen LogP contribution in [0.1, 0.15) is 23.5 Å². The maximum atomic E-state index is 12.2. The van der Waals surface area contributed by atoms with Gasteiger partial charge in [0.2, 0.25) is 5.91 Å². The summed E-state index contributed by atoms with van der Waals surface area (Å²) >= 11 is 3.42. The van der Waals surface area contributed by atoms with Crippen molar-refractivity contribution in [2.24, 2.45) is 5.92 Å². The van der Waals surface area contributed by atoms with Crippen molar-refractivity contribution in [3.8, 4) is 0 Å². The van der Waals surface area contributed by atoms with Crippen LogP contribution in [-0.2, 0) is 4.79 Å². The summed E-state index contributed by atoms with van der Waals surface area (Å²) in [7, 11) is 0. The highest BCUT2D eigenvalue weighted by Crippen LogP contribution is 2.47. The zero-order valence-electron chi connectivity index (χ0n) is 11.0. The Morgan fingerprint density at radius 2 is 2.15 bits per heavy atom. The van der Waals surface area contributed by atoms with E-state index in [0.717, 1.165) is 16.5 Å². The van der Waals surface area contributed by atoms with Crippen molar-refractivity contribution in [2.75, 3.05) is 5.32 Å². The number of amides is 1. The van der Waals surface area contributed by atoms with E-state index in [2.05, 4.69) is 31.2 Å². The number of hydrogen-bond donors (Lipinski definition) is 1. The number of halogens is 1. The molecule has 4 nitrogen and oxygen atoms in total. The quantitative estimate of drug-likeness (QED) is 0.938. The summed E-state index contributed by atoms with van der Waals surface area (Å²) in [6.07, 6.45) is 6.16. The molecule has 1 aliphatic carbocycles. The van der Waals surface area contributed by atoms with Gasteiger partial charge in [0.25, 0.3) is 0 Å². The summed E-state index contributed by atoms with van der Waals surface area (Å²) < 4.78 is 0.812. The minimum Gasteiger partial charge on any atom is -0.309 e. The highest BCUT2D eigenvalue weighted by atomic mass is 79.9. The second kappa shape index (κ2) is 5.32. The minimum atomic E-state index is 0.0314. The van der Waals surface area contributed by atoms with Crippen LogP contribution in [0, 0.1) is 12.8 Å². The van der Waals surface area contributed by atoms with Crippen LogP contribution < -0.4 is 5.32 Å². The molecule has 1 amide bonds. The molecule has 0 bridgehead atoms. The molecule has 3 rings (SSSR count). The van der Waals surface area contributed by atoms with E-state index in [1.165, 1.54) is 5.56 Å². The van der Waals surface area contributed by atoms with Gasteiger partial charge in [0.15, 0.2) is 0 Å². The molecule has 2 aromatic rings. The Kier molecular flexibility index (Phi) is 3.53. The van der Waals surface area contributed by atoms with Gasteiger partial charge in [0.1, 0.15) is 5.82 Å². The van der Waals surface area contributed by atoms with Crippen molar-refractivity contribution in [1.82, 2.24) is 9.97 Å². The molecule has 0 aromatic carbocycles. The number of anilines is 1. The SMILES string of the molecule is Cc1cnc(NC(=O)[C@@H]2C[C@H]2c2ccncc2)c(Br)c1. The van der Waals surface area contributed by atoms with E-state index in [9.17, 15) is 4.79 Å². The van der Waals surface area contributed by atoms with Crippen molar-refractivity contribution in [1.29, 1.82) is 0 Å². The third kappa shape index (κ3) is 2.72. The molecule has 0 saturated heterocycles. The first kappa shape index (κ1) is 13.2. The molecule has 2 heterocycles. The van der Waals surface area contributed by atoms with Gasteiger partial charge < -0.3 is 5.32 Å². The number of aryl methyl sites for hydroxylation is 1. The number of aromatic nitrogens is 2.